The number of halogens is 4. The number of H-pyrrole nitrogens is 1. The summed E-state index contributed by atoms with van der Waals surface area (Å²) in [7, 11) is 0. The number of Topliss-reactive ketones (excluding diaryl/α,β-unsaturated/α-hetero) is 2. The van der Waals surface area contributed by atoms with E-state index in [9.17, 15) is 27.2 Å². The second-order valence-corrected chi connectivity index (χ2v) is 5.19. The smallest absolute Gasteiger partial charge is 0.216 e. The van der Waals surface area contributed by atoms with Crippen molar-refractivity contribution in [2.24, 2.45) is 0 Å². The fourth-order valence-electron chi connectivity index (χ4n) is 2.44. The minimum atomic E-state index is -1.73. The van der Waals surface area contributed by atoms with Crippen molar-refractivity contribution >= 4 is 11.6 Å². The number of nitrogens with one attached hydrogen (secondary N) is 1. The van der Waals surface area contributed by atoms with E-state index in [0.29, 0.717) is 16.8 Å². The van der Waals surface area contributed by atoms with Crippen molar-refractivity contribution in [2.45, 2.75) is 20.8 Å². The van der Waals surface area contributed by atoms with E-state index < -0.39 is 41.4 Å². The fourth-order valence-corrected chi connectivity index (χ4v) is 2.44. The number of ketones is 2. The third-order valence-corrected chi connectivity index (χ3v) is 3.49. The summed E-state index contributed by atoms with van der Waals surface area (Å²) >= 11 is 0. The number of hydrogen-bond donors (Lipinski definition) is 1. The van der Waals surface area contributed by atoms with Gasteiger partial charge in [0.15, 0.2) is 29.8 Å². The molecule has 0 atom stereocenters. The van der Waals surface area contributed by atoms with E-state index in [0.717, 1.165) is 0 Å². The molecule has 1 heterocycles. The van der Waals surface area contributed by atoms with E-state index in [2.05, 4.69) is 9.72 Å². The summed E-state index contributed by atoms with van der Waals surface area (Å²) in [6, 6.07) is 0.0387. The first-order valence-corrected chi connectivity index (χ1v) is 6.84. The van der Waals surface area contributed by atoms with Crippen molar-refractivity contribution in [3.63, 3.8) is 0 Å². The Morgan fingerprint density at radius 3 is 2.08 bits per heavy atom. The predicted octanol–water partition coefficient (Wildman–Crippen LogP) is 3.65. The zero-order valence-electron chi connectivity index (χ0n) is 13.0. The van der Waals surface area contributed by atoms with Crippen molar-refractivity contribution in [1.82, 2.24) is 4.98 Å². The second kappa shape index (κ2) is 6.46. The molecule has 0 spiro atoms. The molecule has 0 aliphatic rings. The fraction of sp³-hybridized carbons (Fsp3) is 0.250. The Labute approximate surface area is 134 Å². The van der Waals surface area contributed by atoms with Crippen LogP contribution in [-0.2, 0) is 0 Å². The molecule has 0 saturated carbocycles. The van der Waals surface area contributed by atoms with Gasteiger partial charge < -0.3 is 9.72 Å². The minimum absolute atomic E-state index is 0.0235. The molecule has 0 bridgehead atoms. The van der Waals surface area contributed by atoms with Gasteiger partial charge in [-0.05, 0) is 26.3 Å². The lowest BCUT2D eigenvalue weighted by Gasteiger charge is -2.09. The topological polar surface area (TPSA) is 59.2 Å². The van der Waals surface area contributed by atoms with Gasteiger partial charge in [-0.25, -0.2) is 8.78 Å². The Hall–Kier alpha value is -2.64. The first kappa shape index (κ1) is 17.7. The first-order chi connectivity index (χ1) is 11.1. The van der Waals surface area contributed by atoms with E-state index >= 15 is 0 Å². The highest BCUT2D eigenvalue weighted by molar-refractivity contribution is 6.03. The van der Waals surface area contributed by atoms with Crippen LogP contribution in [0.5, 0.6) is 5.75 Å². The van der Waals surface area contributed by atoms with Crippen LogP contribution in [0.2, 0.25) is 0 Å². The van der Waals surface area contributed by atoms with Gasteiger partial charge in [-0.15, -0.1) is 0 Å². The molecule has 0 radical (unpaired) electrons. The number of hydrogen-bond acceptors (Lipinski definition) is 3. The number of aryl methyl sites for hydroxylation is 1. The van der Waals surface area contributed by atoms with Gasteiger partial charge in [0.1, 0.15) is 0 Å². The average Bonchev–Trinajstić information content (AvgIpc) is 2.80. The first-order valence-electron chi connectivity index (χ1n) is 6.84. The zero-order valence-corrected chi connectivity index (χ0v) is 13.0. The SMILES string of the molecule is CC(=O)c1c(C)[nH]c(C(=O)COc2c(F)c(F)cc(F)c2F)c1C. The average molecular weight is 343 g/mol. The maximum Gasteiger partial charge on any atom is 0.216 e. The number of ether oxygens (including phenoxy) is 1. The summed E-state index contributed by atoms with van der Waals surface area (Å²) < 4.78 is 57.8. The molecule has 1 aromatic carbocycles. The molecule has 8 heteroatoms. The second-order valence-electron chi connectivity index (χ2n) is 5.19. The molecular formula is C16H13F4NO3. The highest BCUT2D eigenvalue weighted by atomic mass is 19.2. The maximum atomic E-state index is 13.5. The number of benzene rings is 1. The van der Waals surface area contributed by atoms with Crippen LogP contribution in [0.25, 0.3) is 0 Å². The molecule has 2 aromatic rings. The van der Waals surface area contributed by atoms with E-state index in [1.165, 1.54) is 13.8 Å². The van der Waals surface area contributed by atoms with Crippen LogP contribution in [0.15, 0.2) is 6.07 Å². The number of rotatable bonds is 5. The van der Waals surface area contributed by atoms with E-state index in [4.69, 9.17) is 0 Å². The normalized spacial score (nSPS) is 10.8. The van der Waals surface area contributed by atoms with Gasteiger partial charge in [-0.3, -0.25) is 9.59 Å². The van der Waals surface area contributed by atoms with Gasteiger partial charge in [-0.1, -0.05) is 0 Å². The Balaban J connectivity index is 2.27. The van der Waals surface area contributed by atoms with E-state index in [-0.39, 0.29) is 17.5 Å². The molecule has 0 aliphatic carbocycles. The standard InChI is InChI=1S/C16H13F4NO3/c1-6-12(8(3)22)7(2)21-15(6)11(23)5-24-16-13(19)9(17)4-10(18)14(16)20/h4,21H,5H2,1-3H3. The largest absolute Gasteiger partial charge is 0.479 e. The van der Waals surface area contributed by atoms with Gasteiger partial charge in [0, 0.05) is 17.3 Å². The summed E-state index contributed by atoms with van der Waals surface area (Å²) in [5.41, 5.74) is 1.17. The van der Waals surface area contributed by atoms with Crippen LogP contribution < -0.4 is 4.74 Å². The van der Waals surface area contributed by atoms with Gasteiger partial charge in [0.2, 0.25) is 17.4 Å². The van der Waals surface area contributed by atoms with Gasteiger partial charge in [0.05, 0.1) is 5.69 Å². The van der Waals surface area contributed by atoms with Crippen molar-refractivity contribution in [1.29, 1.82) is 0 Å². The molecule has 0 unspecified atom stereocenters. The molecule has 4 nitrogen and oxygen atoms in total. The third-order valence-electron chi connectivity index (χ3n) is 3.49. The molecular weight excluding hydrogens is 330 g/mol. The summed E-state index contributed by atoms with van der Waals surface area (Å²) in [6.45, 7) is 3.57. The molecule has 128 valence electrons. The lowest BCUT2D eigenvalue weighted by molar-refractivity contribution is 0.0908. The van der Waals surface area contributed by atoms with Gasteiger partial charge >= 0.3 is 0 Å². The molecule has 2 rings (SSSR count). The molecule has 0 aliphatic heterocycles. The molecule has 24 heavy (non-hydrogen) atoms. The highest BCUT2D eigenvalue weighted by Gasteiger charge is 2.24. The minimum Gasteiger partial charge on any atom is -0.479 e. The number of carbonyl (C=O) groups excluding carboxylic acids is 2. The summed E-state index contributed by atoms with van der Waals surface area (Å²) in [5, 5.41) is 0. The van der Waals surface area contributed by atoms with Crippen LogP contribution in [-0.4, -0.2) is 23.2 Å². The molecule has 1 N–H and O–H groups in total. The Bertz CT molecular complexity index is 816. The number of aromatic amines is 1. The van der Waals surface area contributed by atoms with Crippen molar-refractivity contribution in [2.75, 3.05) is 6.61 Å². The maximum absolute atomic E-state index is 13.5. The zero-order chi connectivity index (χ0) is 18.2. The van der Waals surface area contributed by atoms with Crippen LogP contribution in [0, 0.1) is 37.1 Å². The van der Waals surface area contributed by atoms with E-state index in [1.54, 1.807) is 6.92 Å². The highest BCUT2D eigenvalue weighted by Crippen LogP contribution is 2.27. The lowest BCUT2D eigenvalue weighted by atomic mass is 10.1. The summed E-state index contributed by atoms with van der Waals surface area (Å²) in [6.07, 6.45) is 0. The van der Waals surface area contributed by atoms with Gasteiger partial charge in [0.25, 0.3) is 0 Å². The lowest BCUT2D eigenvalue weighted by Crippen LogP contribution is -2.15. The molecule has 0 saturated heterocycles. The van der Waals surface area contributed by atoms with Crippen molar-refractivity contribution in [3.05, 3.63) is 51.9 Å². The van der Waals surface area contributed by atoms with Crippen LogP contribution in [0.1, 0.15) is 39.0 Å². The summed E-state index contributed by atoms with van der Waals surface area (Å²) in [5.74, 6) is -9.04. The Kier molecular flexibility index (Phi) is 4.77. The van der Waals surface area contributed by atoms with Gasteiger partial charge in [-0.2, -0.15) is 8.78 Å². The summed E-state index contributed by atoms with van der Waals surface area (Å²) in [4.78, 5) is 26.3. The van der Waals surface area contributed by atoms with Crippen molar-refractivity contribution in [3.8, 4) is 5.75 Å². The number of aromatic nitrogens is 1. The Morgan fingerprint density at radius 1 is 1.08 bits per heavy atom. The quantitative estimate of drug-likeness (QED) is 0.512. The molecule has 0 amide bonds. The van der Waals surface area contributed by atoms with Crippen molar-refractivity contribution < 1.29 is 31.9 Å². The molecule has 0 fully saturated rings. The van der Waals surface area contributed by atoms with Crippen LogP contribution in [0.3, 0.4) is 0 Å². The Morgan fingerprint density at radius 2 is 1.62 bits per heavy atom. The predicted molar refractivity (Wildman–Crippen MR) is 76.4 cm³/mol. The molecule has 1 aromatic heterocycles. The van der Waals surface area contributed by atoms with Crippen LogP contribution in [0.4, 0.5) is 17.6 Å². The third kappa shape index (κ3) is 3.04. The van der Waals surface area contributed by atoms with E-state index in [1.807, 2.05) is 0 Å². The number of carbonyl (C=O) groups is 2. The van der Waals surface area contributed by atoms with Crippen LogP contribution >= 0.6 is 0 Å². The monoisotopic (exact) mass is 343 g/mol.